The molecule has 0 radical (unpaired) electrons. The average molecular weight is 935 g/mol. The topological polar surface area (TPSA) is 95.9 Å². The van der Waals surface area contributed by atoms with Gasteiger partial charge in [-0.3, -0.25) is 9.59 Å². The number of nitrogens with one attached hydrogen (secondary N) is 1. The molecular weight excluding hydrogens is 827 g/mol. The Labute approximate surface area is 414 Å². The Balaban J connectivity index is 4.67. The van der Waals surface area contributed by atoms with E-state index in [0.29, 0.717) is 25.7 Å². The van der Waals surface area contributed by atoms with Crippen molar-refractivity contribution < 1.29 is 24.5 Å². The van der Waals surface area contributed by atoms with Crippen LogP contribution in [0, 0.1) is 0 Å². The Morgan fingerprint density at radius 3 is 1.25 bits per heavy atom. The number of carbonyl (C=O) groups is 2. The third-order valence-electron chi connectivity index (χ3n) is 12.5. The molecule has 0 bridgehead atoms. The number of aliphatic hydroxyl groups is 2. The lowest BCUT2D eigenvalue weighted by Gasteiger charge is -2.24. The predicted octanol–water partition coefficient (Wildman–Crippen LogP) is 17.5. The van der Waals surface area contributed by atoms with Crippen LogP contribution in [0.3, 0.4) is 0 Å². The van der Waals surface area contributed by atoms with Crippen LogP contribution in [0.5, 0.6) is 0 Å². The summed E-state index contributed by atoms with van der Waals surface area (Å²) in [6.07, 6.45) is 70.7. The molecule has 0 saturated heterocycles. The highest BCUT2D eigenvalue weighted by Crippen LogP contribution is 2.18. The van der Waals surface area contributed by atoms with Gasteiger partial charge in [0, 0.05) is 6.42 Å². The van der Waals surface area contributed by atoms with Crippen molar-refractivity contribution in [2.75, 3.05) is 6.61 Å². The Morgan fingerprint density at radius 2 is 0.806 bits per heavy atom. The number of hydrogen-bond acceptors (Lipinski definition) is 5. The van der Waals surface area contributed by atoms with Gasteiger partial charge in [0.25, 0.3) is 0 Å². The Bertz CT molecular complexity index is 1280. The second-order valence-corrected chi connectivity index (χ2v) is 19.0. The van der Waals surface area contributed by atoms with Crippen LogP contribution < -0.4 is 5.32 Å². The fourth-order valence-corrected chi connectivity index (χ4v) is 8.20. The highest BCUT2D eigenvalue weighted by molar-refractivity contribution is 5.77. The molecule has 0 heterocycles. The summed E-state index contributed by atoms with van der Waals surface area (Å²) in [5, 5.41) is 23.9. The number of hydrogen-bond donors (Lipinski definition) is 3. The lowest BCUT2D eigenvalue weighted by Crippen LogP contribution is -2.46. The summed E-state index contributed by atoms with van der Waals surface area (Å²) in [5.74, 6) is -0.556. The summed E-state index contributed by atoms with van der Waals surface area (Å²) in [6.45, 7) is 6.34. The van der Waals surface area contributed by atoms with Gasteiger partial charge in [0.05, 0.1) is 25.2 Å². The first-order valence-electron chi connectivity index (χ1n) is 28.3. The highest BCUT2D eigenvalue weighted by Gasteiger charge is 2.24. The van der Waals surface area contributed by atoms with Crippen LogP contribution in [0.4, 0.5) is 0 Å². The number of allylic oxidation sites excluding steroid dienone is 14. The molecule has 386 valence electrons. The van der Waals surface area contributed by atoms with Crippen molar-refractivity contribution in [2.24, 2.45) is 0 Å². The van der Waals surface area contributed by atoms with Crippen LogP contribution in [0.15, 0.2) is 85.1 Å². The minimum absolute atomic E-state index is 0.0423. The van der Waals surface area contributed by atoms with E-state index in [0.717, 1.165) is 96.3 Å². The number of esters is 1. The first kappa shape index (κ1) is 64.0. The van der Waals surface area contributed by atoms with Gasteiger partial charge in [0.2, 0.25) is 5.91 Å². The van der Waals surface area contributed by atoms with E-state index in [1.54, 1.807) is 0 Å². The van der Waals surface area contributed by atoms with Gasteiger partial charge in [0.1, 0.15) is 6.10 Å². The standard InChI is InChI=1S/C61H107NO5/c1-4-7-10-13-16-19-22-25-28-30-33-36-39-42-45-48-51-54-61(66)67-57(52-49-46-43-40-37-34-31-27-24-21-18-15-12-9-6-3)55-60(65)62-58(56-63)59(64)53-50-47-44-41-38-35-32-29-26-23-20-17-14-11-8-5-2/h7,10,16,18-19,21,25,27-28,31,33,36,42,45,57-59,63-64H,4-6,8-9,11-15,17,20,22-24,26,29-30,32,34-35,37-41,43-44,46-56H2,1-3H3,(H,62,65)/b10-7-,19-16-,21-18-,28-25-,31-27-,36-33-,45-42-. The molecule has 6 nitrogen and oxygen atoms in total. The van der Waals surface area contributed by atoms with Gasteiger partial charge in [0.15, 0.2) is 0 Å². The lowest BCUT2D eigenvalue weighted by atomic mass is 10.0. The van der Waals surface area contributed by atoms with Crippen LogP contribution in [-0.4, -0.2) is 46.9 Å². The summed E-state index contributed by atoms with van der Waals surface area (Å²) < 4.78 is 5.92. The van der Waals surface area contributed by atoms with Gasteiger partial charge in [-0.1, -0.05) is 241 Å². The van der Waals surface area contributed by atoms with Crippen LogP contribution in [0.25, 0.3) is 0 Å². The summed E-state index contributed by atoms with van der Waals surface area (Å²) >= 11 is 0. The molecular formula is C61H107NO5. The van der Waals surface area contributed by atoms with Crippen LogP contribution in [0.1, 0.15) is 265 Å². The van der Waals surface area contributed by atoms with E-state index in [9.17, 15) is 19.8 Å². The second-order valence-electron chi connectivity index (χ2n) is 19.0. The normalized spacial score (nSPS) is 13.8. The zero-order valence-corrected chi connectivity index (χ0v) is 44.0. The van der Waals surface area contributed by atoms with E-state index in [2.05, 4.69) is 111 Å². The van der Waals surface area contributed by atoms with Crippen molar-refractivity contribution >= 4 is 11.9 Å². The van der Waals surface area contributed by atoms with Crippen molar-refractivity contribution in [2.45, 2.75) is 283 Å². The first-order valence-corrected chi connectivity index (χ1v) is 28.3. The largest absolute Gasteiger partial charge is 0.462 e. The SMILES string of the molecule is CC/C=C\C/C=C\C/C=C\C/C=C\C/C=C\CCCC(=O)OC(CCCCCCC/C=C\C/C=C\CCCCC)CC(=O)NC(CO)C(O)CCCCCCCCCCCCCCCCCC. The summed E-state index contributed by atoms with van der Waals surface area (Å²) in [7, 11) is 0. The molecule has 0 aliphatic heterocycles. The van der Waals surface area contributed by atoms with Crippen molar-refractivity contribution in [1.82, 2.24) is 5.32 Å². The van der Waals surface area contributed by atoms with Crippen molar-refractivity contribution in [1.29, 1.82) is 0 Å². The maximum absolute atomic E-state index is 13.3. The molecule has 0 aliphatic carbocycles. The second kappa shape index (κ2) is 54.0. The van der Waals surface area contributed by atoms with Gasteiger partial charge < -0.3 is 20.3 Å². The smallest absolute Gasteiger partial charge is 0.306 e. The van der Waals surface area contributed by atoms with Crippen LogP contribution >= 0.6 is 0 Å². The predicted molar refractivity (Wildman–Crippen MR) is 291 cm³/mol. The summed E-state index contributed by atoms with van der Waals surface area (Å²) in [6, 6.07) is -0.723. The lowest BCUT2D eigenvalue weighted by molar-refractivity contribution is -0.151. The third-order valence-corrected chi connectivity index (χ3v) is 12.5. The zero-order valence-electron chi connectivity index (χ0n) is 44.0. The molecule has 0 saturated carbocycles. The number of carbonyl (C=O) groups excluding carboxylic acids is 2. The number of rotatable bonds is 50. The quantitative estimate of drug-likeness (QED) is 0.0321. The molecule has 3 N–H and O–H groups in total. The maximum Gasteiger partial charge on any atom is 0.306 e. The van der Waals surface area contributed by atoms with Crippen LogP contribution in [-0.2, 0) is 14.3 Å². The minimum Gasteiger partial charge on any atom is -0.462 e. The first-order chi connectivity index (χ1) is 33.0. The van der Waals surface area contributed by atoms with Gasteiger partial charge in [-0.05, 0) is 96.3 Å². The molecule has 0 rings (SSSR count). The van der Waals surface area contributed by atoms with Gasteiger partial charge in [-0.25, -0.2) is 0 Å². The van der Waals surface area contributed by atoms with Crippen molar-refractivity contribution in [3.8, 4) is 0 Å². The number of aliphatic hydroxyl groups excluding tert-OH is 2. The van der Waals surface area contributed by atoms with Crippen LogP contribution in [0.2, 0.25) is 0 Å². The van der Waals surface area contributed by atoms with Gasteiger partial charge in [-0.2, -0.15) is 0 Å². The molecule has 1 amide bonds. The molecule has 0 aromatic carbocycles. The fourth-order valence-electron chi connectivity index (χ4n) is 8.20. The number of unbranched alkanes of at least 4 members (excludes halogenated alkanes) is 24. The molecule has 0 aliphatic rings. The van der Waals surface area contributed by atoms with E-state index in [1.165, 1.54) is 116 Å². The molecule has 3 unspecified atom stereocenters. The molecule has 0 fully saturated rings. The van der Waals surface area contributed by atoms with E-state index < -0.39 is 18.2 Å². The van der Waals surface area contributed by atoms with Crippen molar-refractivity contribution in [3.05, 3.63) is 85.1 Å². The fraction of sp³-hybridized carbons (Fsp3) is 0.738. The Kier molecular flexibility index (Phi) is 51.6. The monoisotopic (exact) mass is 934 g/mol. The number of ether oxygens (including phenoxy) is 1. The molecule has 0 spiro atoms. The van der Waals surface area contributed by atoms with Gasteiger partial charge >= 0.3 is 5.97 Å². The summed E-state index contributed by atoms with van der Waals surface area (Å²) in [5.41, 5.74) is 0. The zero-order chi connectivity index (χ0) is 48.8. The van der Waals surface area contributed by atoms with E-state index in [4.69, 9.17) is 4.74 Å². The molecule has 67 heavy (non-hydrogen) atoms. The Morgan fingerprint density at radius 1 is 0.448 bits per heavy atom. The highest BCUT2D eigenvalue weighted by atomic mass is 16.5. The third kappa shape index (κ3) is 49.3. The summed E-state index contributed by atoms with van der Waals surface area (Å²) in [4.78, 5) is 26.2. The maximum atomic E-state index is 13.3. The molecule has 6 heteroatoms. The molecule has 3 atom stereocenters. The van der Waals surface area contributed by atoms with E-state index in [-0.39, 0.29) is 24.9 Å². The molecule has 0 aromatic rings. The van der Waals surface area contributed by atoms with Crippen molar-refractivity contribution in [3.63, 3.8) is 0 Å². The van der Waals surface area contributed by atoms with Gasteiger partial charge in [-0.15, -0.1) is 0 Å². The number of amides is 1. The van der Waals surface area contributed by atoms with E-state index in [1.807, 2.05) is 0 Å². The van der Waals surface area contributed by atoms with E-state index >= 15 is 0 Å². The average Bonchev–Trinajstić information content (AvgIpc) is 3.32. The minimum atomic E-state index is -0.806. The Hall–Kier alpha value is -2.96. The molecule has 0 aromatic heterocycles.